The minimum Gasteiger partial charge on any atom is -0.471 e. The van der Waals surface area contributed by atoms with Gasteiger partial charge in [0, 0.05) is 18.5 Å². The highest BCUT2D eigenvalue weighted by Crippen LogP contribution is 2.21. The zero-order valence-corrected chi connectivity index (χ0v) is 14.0. The maximum absolute atomic E-state index is 13.1. The first-order valence-electron chi connectivity index (χ1n) is 7.36. The van der Waals surface area contributed by atoms with Gasteiger partial charge in [0.05, 0.1) is 5.02 Å². The monoisotopic (exact) mass is 360 g/mol. The lowest BCUT2D eigenvalue weighted by atomic mass is 10.3. The SMILES string of the molecule is Cc1ccnc(NC(=O)c2ccn(COc3ccc(F)c(Cl)c3)n2)c1. The quantitative estimate of drug-likeness (QED) is 0.753. The Morgan fingerprint density at radius 1 is 1.32 bits per heavy atom. The zero-order chi connectivity index (χ0) is 17.8. The van der Waals surface area contributed by atoms with Gasteiger partial charge in [-0.2, -0.15) is 5.10 Å². The molecule has 1 amide bonds. The molecule has 1 N–H and O–H groups in total. The van der Waals surface area contributed by atoms with E-state index in [1.54, 1.807) is 24.5 Å². The molecule has 0 spiro atoms. The molecular formula is C17H14ClFN4O2. The second-order valence-electron chi connectivity index (χ2n) is 5.26. The van der Waals surface area contributed by atoms with Crippen molar-refractivity contribution in [3.05, 3.63) is 70.9 Å². The zero-order valence-electron chi connectivity index (χ0n) is 13.2. The minimum absolute atomic E-state index is 0.0244. The summed E-state index contributed by atoms with van der Waals surface area (Å²) in [7, 11) is 0. The molecule has 0 saturated heterocycles. The lowest BCUT2D eigenvalue weighted by molar-refractivity contribution is 0.102. The van der Waals surface area contributed by atoms with Gasteiger partial charge in [-0.1, -0.05) is 11.6 Å². The lowest BCUT2D eigenvalue weighted by Crippen LogP contribution is -2.15. The van der Waals surface area contributed by atoms with Crippen LogP contribution in [0, 0.1) is 12.7 Å². The van der Waals surface area contributed by atoms with Gasteiger partial charge in [-0.3, -0.25) is 4.79 Å². The van der Waals surface area contributed by atoms with Crippen molar-refractivity contribution in [2.45, 2.75) is 13.7 Å². The molecule has 3 rings (SSSR count). The van der Waals surface area contributed by atoms with Gasteiger partial charge in [0.1, 0.15) is 17.4 Å². The second kappa shape index (κ2) is 7.31. The molecule has 0 fully saturated rings. The van der Waals surface area contributed by atoms with E-state index in [1.165, 1.54) is 22.9 Å². The number of hydrogen-bond acceptors (Lipinski definition) is 4. The first-order valence-corrected chi connectivity index (χ1v) is 7.74. The molecule has 128 valence electrons. The van der Waals surface area contributed by atoms with E-state index in [1.807, 2.05) is 13.0 Å². The molecular weight excluding hydrogens is 347 g/mol. The number of benzene rings is 1. The number of halogens is 2. The van der Waals surface area contributed by atoms with Crippen LogP contribution in [0.25, 0.3) is 0 Å². The van der Waals surface area contributed by atoms with Gasteiger partial charge in [-0.15, -0.1) is 0 Å². The van der Waals surface area contributed by atoms with Gasteiger partial charge in [0.2, 0.25) is 0 Å². The van der Waals surface area contributed by atoms with E-state index in [2.05, 4.69) is 15.4 Å². The Kier molecular flexibility index (Phi) is 4.95. The predicted octanol–water partition coefficient (Wildman–Crippen LogP) is 3.67. The molecule has 0 radical (unpaired) electrons. The number of nitrogens with zero attached hydrogens (tertiary/aromatic N) is 3. The predicted molar refractivity (Wildman–Crippen MR) is 91.2 cm³/mol. The van der Waals surface area contributed by atoms with E-state index in [0.717, 1.165) is 5.56 Å². The lowest BCUT2D eigenvalue weighted by Gasteiger charge is -2.07. The topological polar surface area (TPSA) is 69.0 Å². The number of nitrogens with one attached hydrogen (secondary N) is 1. The molecule has 2 heterocycles. The average molecular weight is 361 g/mol. The number of pyridine rings is 1. The Bertz CT molecular complexity index is 913. The van der Waals surface area contributed by atoms with Crippen LogP contribution in [0.2, 0.25) is 5.02 Å². The highest BCUT2D eigenvalue weighted by atomic mass is 35.5. The highest BCUT2D eigenvalue weighted by molar-refractivity contribution is 6.30. The number of hydrogen-bond donors (Lipinski definition) is 1. The molecule has 0 saturated carbocycles. The van der Waals surface area contributed by atoms with Crippen LogP contribution < -0.4 is 10.1 Å². The van der Waals surface area contributed by atoms with Crippen molar-refractivity contribution in [1.82, 2.24) is 14.8 Å². The summed E-state index contributed by atoms with van der Waals surface area (Å²) in [6, 6.07) is 9.21. The summed E-state index contributed by atoms with van der Waals surface area (Å²) in [5.74, 6) is -0.0351. The van der Waals surface area contributed by atoms with Gasteiger partial charge in [-0.05, 0) is 42.8 Å². The number of aryl methyl sites for hydroxylation is 1. The van der Waals surface area contributed by atoms with Crippen molar-refractivity contribution >= 4 is 23.3 Å². The van der Waals surface area contributed by atoms with Crippen LogP contribution in [-0.4, -0.2) is 20.7 Å². The van der Waals surface area contributed by atoms with Crippen molar-refractivity contribution in [1.29, 1.82) is 0 Å². The van der Waals surface area contributed by atoms with Gasteiger partial charge >= 0.3 is 0 Å². The largest absolute Gasteiger partial charge is 0.471 e. The average Bonchev–Trinajstić information content (AvgIpc) is 3.05. The Morgan fingerprint density at radius 2 is 2.16 bits per heavy atom. The molecule has 0 aliphatic heterocycles. The van der Waals surface area contributed by atoms with Crippen LogP contribution in [0.4, 0.5) is 10.2 Å². The van der Waals surface area contributed by atoms with Crippen LogP contribution in [-0.2, 0) is 6.73 Å². The van der Waals surface area contributed by atoms with Crippen LogP contribution in [0.1, 0.15) is 16.1 Å². The summed E-state index contributed by atoms with van der Waals surface area (Å²) in [5, 5.41) is 6.78. The van der Waals surface area contributed by atoms with Crippen molar-refractivity contribution in [2.75, 3.05) is 5.32 Å². The molecule has 3 aromatic rings. The van der Waals surface area contributed by atoms with E-state index in [4.69, 9.17) is 16.3 Å². The van der Waals surface area contributed by atoms with Crippen molar-refractivity contribution < 1.29 is 13.9 Å². The summed E-state index contributed by atoms with van der Waals surface area (Å²) < 4.78 is 20.0. The van der Waals surface area contributed by atoms with E-state index >= 15 is 0 Å². The fourth-order valence-electron chi connectivity index (χ4n) is 2.05. The normalized spacial score (nSPS) is 10.5. The molecule has 0 bridgehead atoms. The maximum atomic E-state index is 13.1. The summed E-state index contributed by atoms with van der Waals surface area (Å²) >= 11 is 5.69. The molecule has 0 aliphatic rings. The van der Waals surface area contributed by atoms with Crippen molar-refractivity contribution in [3.8, 4) is 5.75 Å². The minimum atomic E-state index is -0.517. The van der Waals surface area contributed by atoms with E-state index in [9.17, 15) is 9.18 Å². The van der Waals surface area contributed by atoms with Crippen molar-refractivity contribution in [3.63, 3.8) is 0 Å². The molecule has 1 aromatic carbocycles. The third kappa shape index (κ3) is 4.33. The Balaban J connectivity index is 1.61. The summed E-state index contributed by atoms with van der Waals surface area (Å²) in [4.78, 5) is 16.2. The number of carbonyl (C=O) groups excluding carboxylic acids is 1. The Morgan fingerprint density at radius 3 is 2.92 bits per heavy atom. The van der Waals surface area contributed by atoms with E-state index in [0.29, 0.717) is 11.6 Å². The van der Waals surface area contributed by atoms with Crippen LogP contribution in [0.3, 0.4) is 0 Å². The molecule has 25 heavy (non-hydrogen) atoms. The molecule has 0 aliphatic carbocycles. The standard InChI is InChI=1S/C17H14ClFN4O2/c1-11-4-6-20-16(8-11)21-17(24)15-5-7-23(22-15)10-25-12-2-3-14(19)13(18)9-12/h2-9H,10H2,1H3,(H,20,21,24). The molecule has 0 unspecified atom stereocenters. The number of carbonyl (C=O) groups is 1. The van der Waals surface area contributed by atoms with Gasteiger partial charge in [0.15, 0.2) is 12.4 Å². The molecule has 8 heteroatoms. The van der Waals surface area contributed by atoms with E-state index in [-0.39, 0.29) is 23.4 Å². The summed E-state index contributed by atoms with van der Waals surface area (Å²) in [6.07, 6.45) is 3.22. The fraction of sp³-hybridized carbons (Fsp3) is 0.118. The third-order valence-electron chi connectivity index (χ3n) is 3.28. The van der Waals surface area contributed by atoms with Gasteiger partial charge in [-0.25, -0.2) is 14.1 Å². The first kappa shape index (κ1) is 16.9. The fourth-order valence-corrected chi connectivity index (χ4v) is 2.22. The summed E-state index contributed by atoms with van der Waals surface area (Å²) in [5.41, 5.74) is 1.21. The highest BCUT2D eigenvalue weighted by Gasteiger charge is 2.11. The Labute approximate surface area is 148 Å². The summed E-state index contributed by atoms with van der Waals surface area (Å²) in [6.45, 7) is 1.96. The molecule has 0 atom stereocenters. The van der Waals surface area contributed by atoms with Gasteiger partial charge in [0.25, 0.3) is 5.91 Å². The van der Waals surface area contributed by atoms with Crippen LogP contribution in [0.5, 0.6) is 5.75 Å². The van der Waals surface area contributed by atoms with Crippen molar-refractivity contribution in [2.24, 2.45) is 0 Å². The number of rotatable bonds is 5. The van der Waals surface area contributed by atoms with Crippen LogP contribution >= 0.6 is 11.6 Å². The molecule has 6 nitrogen and oxygen atoms in total. The number of aromatic nitrogens is 3. The maximum Gasteiger partial charge on any atom is 0.277 e. The first-order chi connectivity index (χ1) is 12.0. The van der Waals surface area contributed by atoms with Crippen LogP contribution in [0.15, 0.2) is 48.8 Å². The number of amides is 1. The molecule has 2 aromatic heterocycles. The second-order valence-corrected chi connectivity index (χ2v) is 5.67. The smallest absolute Gasteiger partial charge is 0.277 e. The number of ether oxygens (including phenoxy) is 1. The van der Waals surface area contributed by atoms with E-state index < -0.39 is 5.82 Å². The Hall–Kier alpha value is -2.93. The number of anilines is 1. The van der Waals surface area contributed by atoms with Gasteiger partial charge < -0.3 is 10.1 Å². The third-order valence-corrected chi connectivity index (χ3v) is 3.57.